The van der Waals surface area contributed by atoms with Crippen LogP contribution in [0.1, 0.15) is 23.0 Å². The van der Waals surface area contributed by atoms with Crippen LogP contribution < -0.4 is 0 Å². The molecular formula is C26H24FN7O. The van der Waals surface area contributed by atoms with Crippen LogP contribution >= 0.6 is 0 Å². The Kier molecular flexibility index (Phi) is 5.07. The Balaban J connectivity index is 1.17. The molecule has 0 saturated carbocycles. The third kappa shape index (κ3) is 4.04. The smallest absolute Gasteiger partial charge is 0.173 e. The Hall–Kier alpha value is -4.11. The van der Waals surface area contributed by atoms with Gasteiger partial charge in [0.2, 0.25) is 0 Å². The highest BCUT2D eigenvalue weighted by Gasteiger charge is 2.29. The summed E-state index contributed by atoms with van der Waals surface area (Å²) < 4.78 is 18.1. The Morgan fingerprint density at radius 2 is 1.89 bits per heavy atom. The molecule has 4 aromatic heterocycles. The fourth-order valence-corrected chi connectivity index (χ4v) is 4.63. The van der Waals surface area contributed by atoms with E-state index in [1.54, 1.807) is 28.9 Å². The van der Waals surface area contributed by atoms with E-state index in [1.807, 2.05) is 49.3 Å². The molecule has 1 N–H and O–H groups in total. The van der Waals surface area contributed by atoms with Crippen molar-refractivity contribution in [2.45, 2.75) is 19.4 Å². The first kappa shape index (κ1) is 21.4. The van der Waals surface area contributed by atoms with E-state index in [-0.39, 0.29) is 11.4 Å². The lowest BCUT2D eigenvalue weighted by Gasteiger charge is -2.38. The van der Waals surface area contributed by atoms with Crippen LogP contribution in [-0.4, -0.2) is 52.2 Å². The molecule has 8 nitrogen and oxygen atoms in total. The van der Waals surface area contributed by atoms with Crippen LogP contribution in [0, 0.1) is 12.7 Å². The minimum Gasteiger partial charge on any atom is -0.507 e. The van der Waals surface area contributed by atoms with Crippen molar-refractivity contribution in [2.24, 2.45) is 7.05 Å². The number of likely N-dealkylation sites (tertiary alicyclic amines) is 1. The number of phenolic OH excluding ortho intramolecular Hbond substituents is 1. The number of aryl methyl sites for hydroxylation is 2. The SMILES string of the molecule is Cc1cn2cc(-c3ccc(-c4ccc(C5CN(Cc6cn(C)cn6)C5)nn4)c(O)c3)cc(F)c2n1. The van der Waals surface area contributed by atoms with Gasteiger partial charge >= 0.3 is 0 Å². The average Bonchev–Trinajstić information content (AvgIpc) is 3.40. The zero-order valence-electron chi connectivity index (χ0n) is 19.4. The van der Waals surface area contributed by atoms with Crippen molar-refractivity contribution in [3.05, 3.63) is 84.2 Å². The molecule has 9 heteroatoms. The second-order valence-electron chi connectivity index (χ2n) is 9.19. The third-order valence-corrected chi connectivity index (χ3v) is 6.44. The second-order valence-corrected chi connectivity index (χ2v) is 9.19. The molecule has 1 aromatic carbocycles. The largest absolute Gasteiger partial charge is 0.507 e. The van der Waals surface area contributed by atoms with Gasteiger partial charge in [0.05, 0.1) is 29.1 Å². The summed E-state index contributed by atoms with van der Waals surface area (Å²) in [6.45, 7) is 4.49. The van der Waals surface area contributed by atoms with Gasteiger partial charge in [0, 0.05) is 62.3 Å². The minimum atomic E-state index is -0.407. The van der Waals surface area contributed by atoms with Crippen molar-refractivity contribution in [2.75, 3.05) is 13.1 Å². The number of hydrogen-bond donors (Lipinski definition) is 1. The van der Waals surface area contributed by atoms with Crippen LogP contribution in [0.15, 0.2) is 61.3 Å². The lowest BCUT2D eigenvalue weighted by Crippen LogP contribution is -2.44. The lowest BCUT2D eigenvalue weighted by molar-refractivity contribution is 0.135. The number of aromatic nitrogens is 6. The molecule has 6 rings (SSSR count). The molecule has 5 heterocycles. The van der Waals surface area contributed by atoms with E-state index in [9.17, 15) is 9.50 Å². The van der Waals surface area contributed by atoms with Crippen LogP contribution in [0.5, 0.6) is 5.75 Å². The van der Waals surface area contributed by atoms with Gasteiger partial charge in [-0.1, -0.05) is 6.07 Å². The maximum atomic E-state index is 14.5. The third-order valence-electron chi connectivity index (χ3n) is 6.44. The Morgan fingerprint density at radius 1 is 1.03 bits per heavy atom. The molecule has 0 amide bonds. The van der Waals surface area contributed by atoms with Crippen LogP contribution in [0.3, 0.4) is 0 Å². The number of hydrogen-bond acceptors (Lipinski definition) is 6. The number of rotatable bonds is 5. The van der Waals surface area contributed by atoms with Crippen molar-refractivity contribution in [3.8, 4) is 28.1 Å². The van der Waals surface area contributed by atoms with Crippen molar-refractivity contribution in [3.63, 3.8) is 0 Å². The standard InChI is InChI=1S/C26H24FN7O/c1-16-9-34-12-18(7-22(27)26(34)29-16)17-3-4-21(25(35)8-17)24-6-5-23(30-31-24)19-10-33(11-19)14-20-13-32(2)15-28-20/h3-9,12-13,15,19,35H,10-11,14H2,1-2H3. The average molecular weight is 470 g/mol. The fraction of sp³-hybridized carbons (Fsp3) is 0.231. The quantitative estimate of drug-likeness (QED) is 0.420. The first-order valence-electron chi connectivity index (χ1n) is 11.4. The summed E-state index contributed by atoms with van der Waals surface area (Å²) in [5, 5.41) is 19.5. The summed E-state index contributed by atoms with van der Waals surface area (Å²) in [6, 6.07) is 10.5. The summed E-state index contributed by atoms with van der Waals surface area (Å²) in [5.74, 6) is 0.000113. The molecule has 176 valence electrons. The van der Waals surface area contributed by atoms with Gasteiger partial charge in [-0.25, -0.2) is 14.4 Å². The highest BCUT2D eigenvalue weighted by Crippen LogP contribution is 2.34. The molecule has 1 aliphatic rings. The van der Waals surface area contributed by atoms with Crippen molar-refractivity contribution >= 4 is 5.65 Å². The van der Waals surface area contributed by atoms with E-state index in [0.717, 1.165) is 36.7 Å². The molecule has 0 unspecified atom stereocenters. The van der Waals surface area contributed by atoms with E-state index in [4.69, 9.17) is 0 Å². The van der Waals surface area contributed by atoms with Crippen LogP contribution in [0.25, 0.3) is 28.0 Å². The van der Waals surface area contributed by atoms with Gasteiger partial charge in [0.15, 0.2) is 11.5 Å². The number of nitrogens with zero attached hydrogens (tertiary/aromatic N) is 7. The molecular weight excluding hydrogens is 445 g/mol. The van der Waals surface area contributed by atoms with E-state index >= 15 is 0 Å². The fourth-order valence-electron chi connectivity index (χ4n) is 4.63. The van der Waals surface area contributed by atoms with Gasteiger partial charge in [-0.05, 0) is 42.8 Å². The number of aromatic hydroxyl groups is 1. The van der Waals surface area contributed by atoms with Gasteiger partial charge < -0.3 is 14.1 Å². The van der Waals surface area contributed by atoms with Crippen molar-refractivity contribution < 1.29 is 9.50 Å². The Bertz CT molecular complexity index is 1530. The van der Waals surface area contributed by atoms with Gasteiger partial charge in [-0.15, -0.1) is 0 Å². The van der Waals surface area contributed by atoms with Gasteiger partial charge in [0.1, 0.15) is 5.75 Å². The van der Waals surface area contributed by atoms with Crippen molar-refractivity contribution in [1.29, 1.82) is 0 Å². The molecule has 5 aromatic rings. The maximum Gasteiger partial charge on any atom is 0.173 e. The first-order chi connectivity index (χ1) is 16.9. The normalized spacial score (nSPS) is 14.5. The molecule has 1 aliphatic heterocycles. The summed E-state index contributed by atoms with van der Waals surface area (Å²) in [6.07, 6.45) is 7.42. The summed E-state index contributed by atoms with van der Waals surface area (Å²) >= 11 is 0. The summed E-state index contributed by atoms with van der Waals surface area (Å²) in [4.78, 5) is 10.9. The van der Waals surface area contributed by atoms with E-state index in [2.05, 4.69) is 25.1 Å². The molecule has 0 bridgehead atoms. The topological polar surface area (TPSA) is 84.4 Å². The zero-order valence-corrected chi connectivity index (χ0v) is 19.4. The predicted octanol–water partition coefficient (Wildman–Crippen LogP) is 3.94. The maximum absolute atomic E-state index is 14.5. The molecule has 1 saturated heterocycles. The van der Waals surface area contributed by atoms with E-state index in [1.165, 1.54) is 6.07 Å². The Labute approximate surface area is 201 Å². The highest BCUT2D eigenvalue weighted by molar-refractivity contribution is 5.74. The number of halogens is 1. The monoisotopic (exact) mass is 469 g/mol. The lowest BCUT2D eigenvalue weighted by atomic mass is 9.95. The summed E-state index contributed by atoms with van der Waals surface area (Å²) in [7, 11) is 1.97. The number of imidazole rings is 2. The highest BCUT2D eigenvalue weighted by atomic mass is 19.1. The van der Waals surface area contributed by atoms with Crippen LogP contribution in [0.4, 0.5) is 4.39 Å². The zero-order chi connectivity index (χ0) is 24.1. The molecule has 0 spiro atoms. The number of fused-ring (bicyclic) bond motifs is 1. The number of pyridine rings is 1. The van der Waals surface area contributed by atoms with E-state index < -0.39 is 5.82 Å². The number of benzene rings is 1. The molecule has 1 fully saturated rings. The van der Waals surface area contributed by atoms with Crippen molar-refractivity contribution in [1.82, 2.24) is 34.0 Å². The van der Waals surface area contributed by atoms with Gasteiger partial charge in [-0.2, -0.15) is 10.2 Å². The summed E-state index contributed by atoms with van der Waals surface area (Å²) in [5.41, 5.74) is 5.56. The minimum absolute atomic E-state index is 0.0667. The molecule has 0 radical (unpaired) electrons. The second kappa shape index (κ2) is 8.28. The number of phenols is 1. The molecule has 0 atom stereocenters. The van der Waals surface area contributed by atoms with Crippen LogP contribution in [-0.2, 0) is 13.6 Å². The van der Waals surface area contributed by atoms with Crippen LogP contribution in [0.2, 0.25) is 0 Å². The van der Waals surface area contributed by atoms with Gasteiger partial charge in [0.25, 0.3) is 0 Å². The van der Waals surface area contributed by atoms with E-state index in [0.29, 0.717) is 28.3 Å². The molecule has 35 heavy (non-hydrogen) atoms. The Morgan fingerprint density at radius 3 is 2.60 bits per heavy atom. The first-order valence-corrected chi connectivity index (χ1v) is 11.4. The van der Waals surface area contributed by atoms with Gasteiger partial charge in [-0.3, -0.25) is 4.90 Å². The molecule has 0 aliphatic carbocycles. The predicted molar refractivity (Wildman–Crippen MR) is 129 cm³/mol.